The molecule has 0 aliphatic heterocycles. The number of nitrogens with two attached hydrogens (primary N) is 1. The van der Waals surface area contributed by atoms with Crippen LogP contribution in [0.2, 0.25) is 0 Å². The molecule has 3 N–H and O–H groups in total. The number of sulfone groups is 1. The van der Waals surface area contributed by atoms with Gasteiger partial charge in [-0.2, -0.15) is 0 Å². The molecule has 0 bridgehead atoms. The van der Waals surface area contributed by atoms with E-state index >= 15 is 0 Å². The maximum atomic E-state index is 12.4. The van der Waals surface area contributed by atoms with Crippen LogP contribution in [0.4, 0.5) is 0 Å². The quantitative estimate of drug-likeness (QED) is 0.792. The molecule has 134 valence electrons. The van der Waals surface area contributed by atoms with Gasteiger partial charge in [-0.1, -0.05) is 36.4 Å². The van der Waals surface area contributed by atoms with Gasteiger partial charge in [-0.3, -0.25) is 4.79 Å². The molecule has 6 heteroatoms. The third kappa shape index (κ3) is 4.58. The molecule has 0 spiro atoms. The van der Waals surface area contributed by atoms with Crippen LogP contribution in [0, 0.1) is 5.41 Å². The summed E-state index contributed by atoms with van der Waals surface area (Å²) in [4.78, 5) is 12.4. The Bertz CT molecular complexity index is 888. The second-order valence-electron chi connectivity index (χ2n) is 7.21. The van der Waals surface area contributed by atoms with Crippen LogP contribution in [-0.4, -0.2) is 32.9 Å². The van der Waals surface area contributed by atoms with Crippen molar-refractivity contribution in [2.24, 2.45) is 11.1 Å². The van der Waals surface area contributed by atoms with Crippen LogP contribution in [0.5, 0.6) is 0 Å². The van der Waals surface area contributed by atoms with Crippen LogP contribution in [0.25, 0.3) is 10.8 Å². The number of rotatable bonds is 7. The molecule has 1 unspecified atom stereocenters. The molecule has 1 saturated carbocycles. The van der Waals surface area contributed by atoms with Gasteiger partial charge in [0.05, 0.1) is 11.8 Å². The Hall–Kier alpha value is -1.92. The highest BCUT2D eigenvalue weighted by atomic mass is 32.2. The first kappa shape index (κ1) is 17.9. The molecule has 0 saturated heterocycles. The average molecular weight is 360 g/mol. The maximum absolute atomic E-state index is 12.4. The molecule has 0 aromatic heterocycles. The van der Waals surface area contributed by atoms with Crippen molar-refractivity contribution in [3.05, 3.63) is 48.0 Å². The lowest BCUT2D eigenvalue weighted by atomic mass is 10.0. The van der Waals surface area contributed by atoms with Gasteiger partial charge >= 0.3 is 0 Å². The molecular formula is C19H24N2O3S. The number of carbonyl (C=O) groups excluding carboxylic acids is 1. The third-order valence-corrected chi connectivity index (χ3v) is 5.94. The summed E-state index contributed by atoms with van der Waals surface area (Å²) in [5.41, 5.74) is 6.45. The molecule has 2 aromatic carbocycles. The fourth-order valence-electron chi connectivity index (χ4n) is 3.39. The topological polar surface area (TPSA) is 89.3 Å². The van der Waals surface area contributed by atoms with Crippen LogP contribution in [0.3, 0.4) is 0 Å². The number of hydrogen-bond acceptors (Lipinski definition) is 4. The standard InChI is InChI=1S/C19H24N2O3S/c1-25(23,24)13-19(8-9-19)11-18(22)21-17(12-20)16-7-6-14-4-2-3-5-15(14)10-16/h2-7,10,17H,8-9,11-13,20H2,1H3,(H,21,22). The van der Waals surface area contributed by atoms with Crippen molar-refractivity contribution in [3.8, 4) is 0 Å². The van der Waals surface area contributed by atoms with E-state index in [0.29, 0.717) is 6.54 Å². The van der Waals surface area contributed by atoms with Crippen LogP contribution < -0.4 is 11.1 Å². The highest BCUT2D eigenvalue weighted by Crippen LogP contribution is 2.49. The first-order valence-electron chi connectivity index (χ1n) is 8.46. The SMILES string of the molecule is CS(=O)(=O)CC1(CC(=O)NC(CN)c2ccc3ccccc3c2)CC1. The van der Waals surface area contributed by atoms with E-state index in [4.69, 9.17) is 5.73 Å². The lowest BCUT2D eigenvalue weighted by Crippen LogP contribution is -2.35. The molecule has 0 radical (unpaired) electrons. The van der Waals surface area contributed by atoms with Crippen LogP contribution >= 0.6 is 0 Å². The fraction of sp³-hybridized carbons (Fsp3) is 0.421. The number of benzene rings is 2. The zero-order chi connectivity index (χ0) is 18.1. The average Bonchev–Trinajstić information content (AvgIpc) is 3.28. The number of amides is 1. The summed E-state index contributed by atoms with van der Waals surface area (Å²) in [5, 5.41) is 5.21. The van der Waals surface area contributed by atoms with Crippen molar-refractivity contribution in [1.29, 1.82) is 0 Å². The van der Waals surface area contributed by atoms with Crippen molar-refractivity contribution in [1.82, 2.24) is 5.32 Å². The monoisotopic (exact) mass is 360 g/mol. The molecule has 1 aliphatic rings. The van der Waals surface area contributed by atoms with E-state index in [-0.39, 0.29) is 29.5 Å². The van der Waals surface area contributed by atoms with Gasteiger partial charge in [0.1, 0.15) is 9.84 Å². The lowest BCUT2D eigenvalue weighted by Gasteiger charge is -2.20. The summed E-state index contributed by atoms with van der Waals surface area (Å²) < 4.78 is 23.1. The summed E-state index contributed by atoms with van der Waals surface area (Å²) in [6, 6.07) is 13.8. The Morgan fingerprint density at radius 3 is 2.48 bits per heavy atom. The number of hydrogen-bond donors (Lipinski definition) is 2. The molecule has 2 aromatic rings. The predicted octanol–water partition coefficient (Wildman–Crippen LogP) is 2.17. The fourth-order valence-corrected chi connectivity index (χ4v) is 4.90. The Labute approximate surface area is 148 Å². The van der Waals surface area contributed by atoms with Gasteiger partial charge in [0.15, 0.2) is 0 Å². The minimum Gasteiger partial charge on any atom is -0.348 e. The Kier molecular flexibility index (Phi) is 4.84. The van der Waals surface area contributed by atoms with E-state index < -0.39 is 9.84 Å². The van der Waals surface area contributed by atoms with Gasteiger partial charge in [-0.15, -0.1) is 0 Å². The third-order valence-electron chi connectivity index (χ3n) is 4.81. The predicted molar refractivity (Wildman–Crippen MR) is 99.9 cm³/mol. The molecule has 1 atom stereocenters. The highest BCUT2D eigenvalue weighted by Gasteiger charge is 2.46. The summed E-state index contributed by atoms with van der Waals surface area (Å²) in [5.74, 6) is -0.0544. The molecule has 25 heavy (non-hydrogen) atoms. The Morgan fingerprint density at radius 1 is 1.20 bits per heavy atom. The molecule has 3 rings (SSSR count). The first-order valence-corrected chi connectivity index (χ1v) is 10.5. The lowest BCUT2D eigenvalue weighted by molar-refractivity contribution is -0.122. The van der Waals surface area contributed by atoms with E-state index in [9.17, 15) is 13.2 Å². The Balaban J connectivity index is 1.70. The van der Waals surface area contributed by atoms with E-state index in [1.54, 1.807) is 0 Å². The molecule has 1 aliphatic carbocycles. The van der Waals surface area contributed by atoms with Crippen molar-refractivity contribution in [3.63, 3.8) is 0 Å². The second-order valence-corrected chi connectivity index (χ2v) is 9.35. The molecular weight excluding hydrogens is 336 g/mol. The summed E-state index contributed by atoms with van der Waals surface area (Å²) in [6.45, 7) is 0.295. The summed E-state index contributed by atoms with van der Waals surface area (Å²) >= 11 is 0. The Morgan fingerprint density at radius 2 is 1.88 bits per heavy atom. The largest absolute Gasteiger partial charge is 0.348 e. The van der Waals surface area contributed by atoms with Gasteiger partial charge in [0, 0.05) is 19.2 Å². The number of fused-ring (bicyclic) bond motifs is 1. The van der Waals surface area contributed by atoms with Crippen molar-refractivity contribution < 1.29 is 13.2 Å². The minimum atomic E-state index is -3.08. The van der Waals surface area contributed by atoms with E-state index in [1.807, 2.05) is 42.5 Å². The van der Waals surface area contributed by atoms with Crippen LogP contribution in [-0.2, 0) is 14.6 Å². The van der Waals surface area contributed by atoms with Crippen LogP contribution in [0.15, 0.2) is 42.5 Å². The van der Waals surface area contributed by atoms with Gasteiger partial charge in [-0.05, 0) is 40.7 Å². The van der Waals surface area contributed by atoms with Crippen molar-refractivity contribution in [2.75, 3.05) is 18.6 Å². The molecule has 0 heterocycles. The second kappa shape index (κ2) is 6.77. The molecule has 5 nitrogen and oxygen atoms in total. The first-order chi connectivity index (χ1) is 11.8. The van der Waals surface area contributed by atoms with Crippen LogP contribution in [0.1, 0.15) is 30.9 Å². The zero-order valence-electron chi connectivity index (χ0n) is 14.4. The number of nitrogens with one attached hydrogen (secondary N) is 1. The van der Waals surface area contributed by atoms with Crippen molar-refractivity contribution >= 4 is 26.5 Å². The number of carbonyl (C=O) groups is 1. The zero-order valence-corrected chi connectivity index (χ0v) is 15.2. The van der Waals surface area contributed by atoms with Gasteiger partial charge in [0.2, 0.25) is 5.91 Å². The molecule has 1 amide bonds. The van der Waals surface area contributed by atoms with Gasteiger partial charge < -0.3 is 11.1 Å². The van der Waals surface area contributed by atoms with E-state index in [0.717, 1.165) is 29.2 Å². The van der Waals surface area contributed by atoms with Gasteiger partial charge in [-0.25, -0.2) is 8.42 Å². The van der Waals surface area contributed by atoms with Gasteiger partial charge in [0.25, 0.3) is 0 Å². The highest BCUT2D eigenvalue weighted by molar-refractivity contribution is 7.90. The summed E-state index contributed by atoms with van der Waals surface area (Å²) in [6.07, 6.45) is 3.04. The maximum Gasteiger partial charge on any atom is 0.221 e. The van der Waals surface area contributed by atoms with E-state index in [2.05, 4.69) is 5.32 Å². The summed E-state index contributed by atoms with van der Waals surface area (Å²) in [7, 11) is -3.08. The molecule has 1 fully saturated rings. The smallest absolute Gasteiger partial charge is 0.221 e. The van der Waals surface area contributed by atoms with Crippen molar-refractivity contribution in [2.45, 2.75) is 25.3 Å². The van der Waals surface area contributed by atoms with E-state index in [1.165, 1.54) is 6.26 Å². The normalized spacial score (nSPS) is 17.2. The minimum absolute atomic E-state index is 0.0800.